The van der Waals surface area contributed by atoms with Crippen molar-refractivity contribution in [2.45, 2.75) is 45.2 Å². The fraction of sp³-hybridized carbons (Fsp3) is 0.250. The van der Waals surface area contributed by atoms with Crippen molar-refractivity contribution < 1.29 is 49.4 Å². The Labute approximate surface area is 313 Å². The van der Waals surface area contributed by atoms with Gasteiger partial charge >= 0.3 is 49.8 Å². The zero-order valence-electron chi connectivity index (χ0n) is 28.4. The molecule has 15 heteroatoms. The van der Waals surface area contributed by atoms with Gasteiger partial charge in [0.1, 0.15) is 12.8 Å². The van der Waals surface area contributed by atoms with Crippen molar-refractivity contribution in [1.82, 2.24) is 34.0 Å². The van der Waals surface area contributed by atoms with Crippen LogP contribution in [-0.2, 0) is 57.8 Å². The van der Waals surface area contributed by atoms with Gasteiger partial charge in [0.2, 0.25) is 0 Å². The van der Waals surface area contributed by atoms with Gasteiger partial charge in [-0.1, -0.05) is 67.6 Å². The summed E-state index contributed by atoms with van der Waals surface area (Å²) in [6, 6.07) is 25.4. The smallest absolute Gasteiger partial charge is 0.425 e. The van der Waals surface area contributed by atoms with Crippen LogP contribution in [0.3, 0.4) is 0 Å². The zero-order valence-corrected chi connectivity index (χ0v) is 30.4. The standard InChI is InChI=1S/C25H30NO4.C9H9BN6.2CO.Mo/c1-20-15-16-24(28-2)26(25(27)30-19-22-12-7-4-8-13-22)23(20)14-9-17-29-18-21-10-5-3-6-11-21;1-4-11-14(7-1)10(15-8-2-5-12-15)16-9-3-6-13-16;2*1-2;/h3-8,10-13,15-16,23-24H,9,14,17-19H2,1-2H3;1-9H;;;/q;-1;;;+2/t23-,24+;;;;/m0..../s1. The van der Waals surface area contributed by atoms with Crippen LogP contribution in [0.25, 0.3) is 0 Å². The van der Waals surface area contributed by atoms with Crippen molar-refractivity contribution in [2.75, 3.05) is 13.7 Å². The summed E-state index contributed by atoms with van der Waals surface area (Å²) >= 11 is 0. The Morgan fingerprint density at radius 3 is 1.73 bits per heavy atom. The number of hydrogen-bond donors (Lipinski definition) is 0. The minimum atomic E-state index is -0.438. The molecule has 2 aromatic carbocycles. The molecule has 1 aliphatic heterocycles. The van der Waals surface area contributed by atoms with Crippen molar-refractivity contribution >= 4 is 13.2 Å². The van der Waals surface area contributed by atoms with Gasteiger partial charge in [-0.15, -0.1) is 0 Å². The largest absolute Gasteiger partial charge is 2.00 e. The number of carbonyl (C=O) groups is 1. The topological polar surface area (TPSA) is 141 Å². The van der Waals surface area contributed by atoms with Crippen LogP contribution in [0.2, 0.25) is 0 Å². The fourth-order valence-corrected chi connectivity index (χ4v) is 5.18. The molecule has 1 saturated heterocycles. The van der Waals surface area contributed by atoms with Gasteiger partial charge in [-0.2, -0.15) is 0 Å². The van der Waals surface area contributed by atoms with Gasteiger partial charge in [-0.25, -0.2) is 20.1 Å². The molecular weight excluding hydrogens is 733 g/mol. The van der Waals surface area contributed by atoms with Crippen molar-refractivity contribution in [3.63, 3.8) is 0 Å². The zero-order chi connectivity index (χ0) is 36.0. The molecule has 0 saturated carbocycles. The number of rotatable bonds is 12. The molecule has 1 fully saturated rings. The third kappa shape index (κ3) is 13.3. The van der Waals surface area contributed by atoms with Gasteiger partial charge in [-0.3, -0.25) is 4.90 Å². The molecule has 51 heavy (non-hydrogen) atoms. The van der Waals surface area contributed by atoms with E-state index < -0.39 is 6.23 Å². The van der Waals surface area contributed by atoms with Crippen LogP contribution in [0.4, 0.5) is 4.79 Å². The maximum absolute atomic E-state index is 12.9. The van der Waals surface area contributed by atoms with Gasteiger partial charge in [-0.05, 0) is 73.1 Å². The number of aromatic nitrogens is 6. The van der Waals surface area contributed by atoms with E-state index in [1.54, 1.807) is 44.4 Å². The second-order valence-corrected chi connectivity index (χ2v) is 10.7. The molecule has 0 bridgehead atoms. The number of ether oxygens (including phenoxy) is 3. The minimum absolute atomic E-state index is 0. The maximum atomic E-state index is 12.9. The Kier molecular flexibility index (Phi) is 20.6. The predicted molar refractivity (Wildman–Crippen MR) is 182 cm³/mol. The molecule has 1 aliphatic rings. The Balaban J connectivity index is 0.000000360. The van der Waals surface area contributed by atoms with Crippen LogP contribution in [0, 0.1) is 32.1 Å². The average molecular weight is 773 g/mol. The molecule has 0 aliphatic carbocycles. The van der Waals surface area contributed by atoms with Crippen LogP contribution in [-0.4, -0.2) is 73.2 Å². The summed E-state index contributed by atoms with van der Waals surface area (Å²) in [5.74, 6) is 1.11. The van der Waals surface area contributed by atoms with Crippen molar-refractivity contribution in [3.8, 4) is 0 Å². The van der Waals surface area contributed by atoms with E-state index in [1.165, 1.54) is 0 Å². The Morgan fingerprint density at radius 2 is 1.27 bits per heavy atom. The second-order valence-electron chi connectivity index (χ2n) is 10.7. The molecule has 262 valence electrons. The third-order valence-electron chi connectivity index (χ3n) is 7.48. The first kappa shape index (κ1) is 42.7. The van der Waals surface area contributed by atoms with Crippen LogP contribution < -0.4 is 0 Å². The molecular formula is C36H39BMoN7O6+. The monoisotopic (exact) mass is 774 g/mol. The summed E-state index contributed by atoms with van der Waals surface area (Å²) in [7, 11) is 1.41. The molecule has 4 radical (unpaired) electrons. The predicted octanol–water partition coefficient (Wildman–Crippen LogP) is 5.11. The van der Waals surface area contributed by atoms with Crippen LogP contribution in [0.1, 0.15) is 30.9 Å². The summed E-state index contributed by atoms with van der Waals surface area (Å²) in [5, 5.41) is 12.7. The summed E-state index contributed by atoms with van der Waals surface area (Å²) in [6.07, 6.45) is 15.6. The number of nitrogens with zero attached hydrogens (tertiary/aromatic N) is 7. The molecule has 2 atom stereocenters. The summed E-state index contributed by atoms with van der Waals surface area (Å²) < 4.78 is 37.3. The first-order chi connectivity index (χ1) is 24.6. The Hall–Kier alpha value is -4.51. The summed E-state index contributed by atoms with van der Waals surface area (Å²) in [4.78, 5) is 14.6. The Morgan fingerprint density at radius 1 is 0.784 bits per heavy atom. The number of piperidine rings is 1. The first-order valence-electron chi connectivity index (χ1n) is 15.7. The number of benzene rings is 2. The van der Waals surface area contributed by atoms with Gasteiger partial charge in [0, 0.05) is 44.8 Å². The van der Waals surface area contributed by atoms with E-state index in [1.807, 2.05) is 105 Å². The maximum Gasteiger partial charge on any atom is 2.00 e. The van der Waals surface area contributed by atoms with Crippen molar-refractivity contribution in [2.24, 2.45) is 0 Å². The number of hydrogen-bond acceptors (Lipinski definition) is 7. The van der Waals surface area contributed by atoms with E-state index in [4.69, 9.17) is 23.5 Å². The number of carbonyl (C=O) groups excluding carboxylic acids is 1. The summed E-state index contributed by atoms with van der Waals surface area (Å²) in [6.45, 7) is 12.5. The molecule has 13 nitrogen and oxygen atoms in total. The quantitative estimate of drug-likeness (QED) is 0.0744. The van der Waals surface area contributed by atoms with Gasteiger partial charge < -0.3 is 28.0 Å². The van der Waals surface area contributed by atoms with E-state index >= 15 is 0 Å². The fourth-order valence-electron chi connectivity index (χ4n) is 5.18. The number of likely N-dealkylation sites (tertiary alicyclic amines) is 1. The van der Waals surface area contributed by atoms with Gasteiger partial charge in [0.25, 0.3) is 7.12 Å². The van der Waals surface area contributed by atoms with Crippen molar-refractivity contribution in [1.29, 1.82) is 0 Å². The molecule has 0 N–H and O–H groups in total. The normalized spacial score (nSPS) is 15.1. The van der Waals surface area contributed by atoms with Crippen LogP contribution in [0.5, 0.6) is 0 Å². The van der Waals surface area contributed by atoms with E-state index in [9.17, 15) is 4.79 Å². The van der Waals surface area contributed by atoms with E-state index in [0.717, 1.165) is 29.9 Å². The van der Waals surface area contributed by atoms with E-state index in [0.29, 0.717) is 13.2 Å². The van der Waals surface area contributed by atoms with Crippen molar-refractivity contribution in [3.05, 3.63) is 159 Å². The molecule has 5 aromatic rings. The van der Waals surface area contributed by atoms with E-state index in [2.05, 4.69) is 40.7 Å². The molecule has 0 unspecified atom stereocenters. The number of amides is 1. The molecule has 4 heterocycles. The summed E-state index contributed by atoms with van der Waals surface area (Å²) in [5.41, 5.74) is 2.12. The Bertz CT molecular complexity index is 1540. The van der Waals surface area contributed by atoms with E-state index in [-0.39, 0.29) is 46.9 Å². The average Bonchev–Trinajstić information content (AvgIpc) is 4.01. The first-order valence-corrected chi connectivity index (χ1v) is 15.7. The van der Waals surface area contributed by atoms with Gasteiger partial charge in [0.15, 0.2) is 0 Å². The molecule has 1 amide bonds. The van der Waals surface area contributed by atoms with Crippen LogP contribution >= 0.6 is 0 Å². The second kappa shape index (κ2) is 24.6. The molecule has 0 spiro atoms. The minimum Gasteiger partial charge on any atom is -0.425 e. The SMILES string of the molecule is CO[C@@H]1[CH][CH][C](C)[C@H](CCCOCc2ccccc2)N1C(=O)OCc1ccccc1.[C-]#[O+].[C-]#[O+].[Mo+2].c1cnn([B-](n2cccn2)n2cccn2)c1. The van der Waals surface area contributed by atoms with Gasteiger partial charge in [0.05, 0.1) is 6.61 Å². The molecule has 3 aromatic heterocycles. The molecule has 6 rings (SSSR count). The third-order valence-corrected chi connectivity index (χ3v) is 7.48. The number of methoxy groups -OCH3 is 1. The van der Waals surface area contributed by atoms with Crippen LogP contribution in [0.15, 0.2) is 116 Å².